The summed E-state index contributed by atoms with van der Waals surface area (Å²) in [6.45, 7) is 4.11. The van der Waals surface area contributed by atoms with Crippen LogP contribution in [0, 0.1) is 10.5 Å². The number of rotatable bonds is 2. The van der Waals surface area contributed by atoms with Gasteiger partial charge in [-0.25, -0.2) is 4.79 Å². The predicted molar refractivity (Wildman–Crippen MR) is 79.4 cm³/mol. The summed E-state index contributed by atoms with van der Waals surface area (Å²) in [6, 6.07) is 4.03. The maximum Gasteiger partial charge on any atom is 0.355 e. The van der Waals surface area contributed by atoms with Crippen molar-refractivity contribution in [3.8, 4) is 0 Å². The smallest absolute Gasteiger partial charge is 0.355 e. The standard InChI is InChI=1S/C12H11BrINO2/c1-3-17-12(16)11-6(2)7-4-9(14)8(13)5-10(7)15-11/h4-5,15H,3H2,1-2H3. The number of H-pyrrole nitrogens is 1. The molecule has 0 amide bonds. The van der Waals surface area contributed by atoms with Gasteiger partial charge in [0.25, 0.3) is 0 Å². The van der Waals surface area contributed by atoms with Gasteiger partial charge >= 0.3 is 5.97 Å². The average molecular weight is 408 g/mol. The quantitative estimate of drug-likeness (QED) is 0.603. The summed E-state index contributed by atoms with van der Waals surface area (Å²) >= 11 is 5.73. The molecule has 1 aromatic carbocycles. The SMILES string of the molecule is CCOC(=O)c1[nH]c2cc(Br)c(I)cc2c1C. The molecule has 90 valence electrons. The molecule has 1 N–H and O–H groups in total. The zero-order valence-corrected chi connectivity index (χ0v) is 13.2. The number of carbonyl (C=O) groups is 1. The molecule has 0 aliphatic carbocycles. The minimum atomic E-state index is -0.299. The summed E-state index contributed by atoms with van der Waals surface area (Å²) in [5.41, 5.74) is 2.41. The molecule has 2 aromatic rings. The normalized spacial score (nSPS) is 10.8. The highest BCUT2D eigenvalue weighted by Crippen LogP contribution is 2.29. The third kappa shape index (κ3) is 2.35. The number of halogens is 2. The number of esters is 1. The molecule has 0 aliphatic heterocycles. The third-order valence-corrected chi connectivity index (χ3v) is 4.87. The van der Waals surface area contributed by atoms with Gasteiger partial charge in [0, 0.05) is 18.9 Å². The van der Waals surface area contributed by atoms with Crippen molar-refractivity contribution < 1.29 is 9.53 Å². The van der Waals surface area contributed by atoms with E-state index in [0.29, 0.717) is 12.3 Å². The van der Waals surface area contributed by atoms with Crippen LogP contribution < -0.4 is 0 Å². The van der Waals surface area contributed by atoms with Crippen molar-refractivity contribution in [1.29, 1.82) is 0 Å². The number of ether oxygens (including phenoxy) is 1. The van der Waals surface area contributed by atoms with Crippen LogP contribution in [0.5, 0.6) is 0 Å². The fourth-order valence-corrected chi connectivity index (χ4v) is 2.54. The molecule has 0 spiro atoms. The molecule has 5 heteroatoms. The average Bonchev–Trinajstić information content (AvgIpc) is 2.58. The van der Waals surface area contributed by atoms with Gasteiger partial charge in [0.15, 0.2) is 0 Å². The van der Waals surface area contributed by atoms with E-state index in [4.69, 9.17) is 4.74 Å². The Morgan fingerprint density at radius 2 is 2.24 bits per heavy atom. The van der Waals surface area contributed by atoms with E-state index < -0.39 is 0 Å². The van der Waals surface area contributed by atoms with E-state index in [2.05, 4.69) is 49.6 Å². The molecule has 0 unspecified atom stereocenters. The molecule has 1 aromatic heterocycles. The summed E-state index contributed by atoms with van der Waals surface area (Å²) < 4.78 is 7.15. The Kier molecular flexibility index (Phi) is 3.77. The lowest BCUT2D eigenvalue weighted by Gasteiger charge is -1.99. The number of carbonyl (C=O) groups excluding carboxylic acids is 1. The molecule has 17 heavy (non-hydrogen) atoms. The van der Waals surface area contributed by atoms with Crippen LogP contribution in [0.25, 0.3) is 10.9 Å². The molecular formula is C12H11BrINO2. The van der Waals surface area contributed by atoms with Gasteiger partial charge in [-0.3, -0.25) is 0 Å². The summed E-state index contributed by atoms with van der Waals surface area (Å²) in [7, 11) is 0. The number of benzene rings is 1. The molecule has 1 heterocycles. The summed E-state index contributed by atoms with van der Waals surface area (Å²) in [5.74, 6) is -0.299. The van der Waals surface area contributed by atoms with Gasteiger partial charge in [0.05, 0.1) is 6.61 Å². The molecule has 0 aliphatic rings. The monoisotopic (exact) mass is 407 g/mol. The molecule has 0 atom stereocenters. The van der Waals surface area contributed by atoms with Crippen molar-refractivity contribution in [1.82, 2.24) is 4.98 Å². The Bertz CT molecular complexity index is 592. The Hall–Kier alpha value is -0.560. The maximum atomic E-state index is 11.7. The molecule has 0 bridgehead atoms. The number of hydrogen-bond acceptors (Lipinski definition) is 2. The van der Waals surface area contributed by atoms with E-state index >= 15 is 0 Å². The number of aromatic nitrogens is 1. The number of fused-ring (bicyclic) bond motifs is 1. The van der Waals surface area contributed by atoms with Crippen LogP contribution in [0.2, 0.25) is 0 Å². The van der Waals surface area contributed by atoms with Crippen LogP contribution in [-0.4, -0.2) is 17.6 Å². The minimum absolute atomic E-state index is 0.299. The fourth-order valence-electron chi connectivity index (χ4n) is 1.73. The Morgan fingerprint density at radius 3 is 2.88 bits per heavy atom. The van der Waals surface area contributed by atoms with Crippen LogP contribution in [-0.2, 0) is 4.74 Å². The highest BCUT2D eigenvalue weighted by Gasteiger charge is 2.16. The van der Waals surface area contributed by atoms with Crippen LogP contribution in [0.4, 0.5) is 0 Å². The molecular weight excluding hydrogens is 397 g/mol. The van der Waals surface area contributed by atoms with Gasteiger partial charge in [-0.2, -0.15) is 0 Å². The van der Waals surface area contributed by atoms with Crippen molar-refractivity contribution >= 4 is 55.4 Å². The molecule has 0 saturated carbocycles. The van der Waals surface area contributed by atoms with Gasteiger partial charge < -0.3 is 9.72 Å². The van der Waals surface area contributed by atoms with Gasteiger partial charge in [-0.05, 0) is 70.1 Å². The Balaban J connectivity index is 2.60. The number of hydrogen-bond donors (Lipinski definition) is 1. The van der Waals surface area contributed by atoms with Crippen molar-refractivity contribution in [2.24, 2.45) is 0 Å². The van der Waals surface area contributed by atoms with Crippen molar-refractivity contribution in [2.45, 2.75) is 13.8 Å². The van der Waals surface area contributed by atoms with Crippen molar-refractivity contribution in [3.63, 3.8) is 0 Å². The zero-order chi connectivity index (χ0) is 12.6. The first kappa shape index (κ1) is 12.9. The highest BCUT2D eigenvalue weighted by molar-refractivity contribution is 14.1. The minimum Gasteiger partial charge on any atom is -0.461 e. The van der Waals surface area contributed by atoms with E-state index in [9.17, 15) is 4.79 Å². The number of aromatic amines is 1. The predicted octanol–water partition coefficient (Wildman–Crippen LogP) is 4.02. The number of nitrogens with one attached hydrogen (secondary N) is 1. The lowest BCUT2D eigenvalue weighted by molar-refractivity contribution is 0.0520. The molecule has 0 radical (unpaired) electrons. The van der Waals surface area contributed by atoms with E-state index in [1.807, 2.05) is 13.0 Å². The van der Waals surface area contributed by atoms with Crippen molar-refractivity contribution in [2.75, 3.05) is 6.61 Å². The second kappa shape index (κ2) is 4.97. The van der Waals surface area contributed by atoms with Gasteiger partial charge in [-0.1, -0.05) is 0 Å². The first-order valence-electron chi connectivity index (χ1n) is 5.19. The lowest BCUT2D eigenvalue weighted by Crippen LogP contribution is -2.06. The Morgan fingerprint density at radius 1 is 1.53 bits per heavy atom. The highest BCUT2D eigenvalue weighted by atomic mass is 127. The van der Waals surface area contributed by atoms with Gasteiger partial charge in [-0.15, -0.1) is 0 Å². The Labute approximate surface area is 121 Å². The van der Waals surface area contributed by atoms with Crippen LogP contribution >= 0.6 is 38.5 Å². The van der Waals surface area contributed by atoms with E-state index in [1.165, 1.54) is 0 Å². The first-order valence-corrected chi connectivity index (χ1v) is 7.06. The molecule has 2 rings (SSSR count). The van der Waals surface area contributed by atoms with Gasteiger partial charge in [0.1, 0.15) is 5.69 Å². The van der Waals surface area contributed by atoms with Gasteiger partial charge in [0.2, 0.25) is 0 Å². The number of aryl methyl sites for hydroxylation is 1. The molecule has 0 fully saturated rings. The first-order chi connectivity index (χ1) is 8.04. The third-order valence-electron chi connectivity index (χ3n) is 2.58. The second-order valence-corrected chi connectivity index (χ2v) is 5.67. The molecule has 0 saturated heterocycles. The summed E-state index contributed by atoms with van der Waals surface area (Å²) in [6.07, 6.45) is 0. The van der Waals surface area contributed by atoms with E-state index in [0.717, 1.165) is 24.5 Å². The second-order valence-electron chi connectivity index (χ2n) is 3.66. The lowest BCUT2D eigenvalue weighted by atomic mass is 10.1. The zero-order valence-electron chi connectivity index (χ0n) is 9.43. The summed E-state index contributed by atoms with van der Waals surface area (Å²) in [4.78, 5) is 14.8. The summed E-state index contributed by atoms with van der Waals surface area (Å²) in [5, 5.41) is 1.06. The molecule has 3 nitrogen and oxygen atoms in total. The fraction of sp³-hybridized carbons (Fsp3) is 0.250. The van der Waals surface area contributed by atoms with Crippen LogP contribution in [0.15, 0.2) is 16.6 Å². The van der Waals surface area contributed by atoms with E-state index in [-0.39, 0.29) is 5.97 Å². The van der Waals surface area contributed by atoms with Crippen molar-refractivity contribution in [3.05, 3.63) is 31.4 Å². The topological polar surface area (TPSA) is 42.1 Å². The van der Waals surface area contributed by atoms with Crippen LogP contribution in [0.3, 0.4) is 0 Å². The largest absolute Gasteiger partial charge is 0.461 e. The van der Waals surface area contributed by atoms with E-state index in [1.54, 1.807) is 6.92 Å². The maximum absolute atomic E-state index is 11.7. The van der Waals surface area contributed by atoms with Crippen LogP contribution in [0.1, 0.15) is 23.0 Å².